The lowest BCUT2D eigenvalue weighted by Crippen LogP contribution is -2.50. The molecule has 2 saturated carbocycles. The van der Waals surface area contributed by atoms with Crippen LogP contribution in [-0.4, -0.2) is 19.3 Å². The Labute approximate surface area is 144 Å². The minimum atomic E-state index is -0.362. The molecule has 0 bridgehead atoms. The topological polar surface area (TPSA) is 47.6 Å². The first-order chi connectivity index (χ1) is 11.7. The number of nitrogens with one attached hydrogen (secondary N) is 1. The van der Waals surface area contributed by atoms with Gasteiger partial charge in [-0.25, -0.2) is 4.79 Å². The number of ether oxygens (including phenoxy) is 2. The van der Waals surface area contributed by atoms with Crippen LogP contribution in [0.4, 0.5) is 10.5 Å². The van der Waals surface area contributed by atoms with Crippen LogP contribution in [0.25, 0.3) is 0 Å². The van der Waals surface area contributed by atoms with E-state index in [0.29, 0.717) is 11.4 Å². The van der Waals surface area contributed by atoms with E-state index in [4.69, 9.17) is 9.47 Å². The highest BCUT2D eigenvalue weighted by atomic mass is 16.6. The van der Waals surface area contributed by atoms with Crippen molar-refractivity contribution >= 4 is 11.8 Å². The Kier molecular flexibility index (Phi) is 5.32. The van der Waals surface area contributed by atoms with Crippen molar-refractivity contribution in [1.82, 2.24) is 0 Å². The first kappa shape index (κ1) is 17.1. The summed E-state index contributed by atoms with van der Waals surface area (Å²) < 4.78 is 11.0. The molecule has 4 heteroatoms. The van der Waals surface area contributed by atoms with Crippen molar-refractivity contribution in [2.45, 2.75) is 64.4 Å². The van der Waals surface area contributed by atoms with Crippen molar-refractivity contribution < 1.29 is 14.3 Å². The molecule has 0 aromatic heterocycles. The summed E-state index contributed by atoms with van der Waals surface area (Å²) in [4.78, 5) is 12.3. The molecule has 0 saturated heterocycles. The molecule has 0 heterocycles. The molecule has 0 radical (unpaired) electrons. The number of hydrogen-bond acceptors (Lipinski definition) is 3. The van der Waals surface area contributed by atoms with Gasteiger partial charge < -0.3 is 9.47 Å². The van der Waals surface area contributed by atoms with Crippen LogP contribution in [0, 0.1) is 11.3 Å². The van der Waals surface area contributed by atoms with Gasteiger partial charge in [0, 0.05) is 5.41 Å². The summed E-state index contributed by atoms with van der Waals surface area (Å²) in [6.45, 7) is 2.27. The summed E-state index contributed by atoms with van der Waals surface area (Å²) >= 11 is 0. The third-order valence-corrected chi connectivity index (χ3v) is 5.98. The van der Waals surface area contributed by atoms with Gasteiger partial charge in [0.05, 0.1) is 12.8 Å². The van der Waals surface area contributed by atoms with Gasteiger partial charge in [0.25, 0.3) is 0 Å². The first-order valence-corrected chi connectivity index (χ1v) is 9.27. The zero-order valence-corrected chi connectivity index (χ0v) is 14.8. The van der Waals surface area contributed by atoms with Crippen molar-refractivity contribution in [3.63, 3.8) is 0 Å². The van der Waals surface area contributed by atoms with Crippen LogP contribution in [0.2, 0.25) is 0 Å². The molecular weight excluding hydrogens is 302 g/mol. The van der Waals surface area contributed by atoms with Crippen LogP contribution in [0.1, 0.15) is 58.3 Å². The van der Waals surface area contributed by atoms with Gasteiger partial charge in [-0.3, -0.25) is 5.32 Å². The fourth-order valence-corrected chi connectivity index (χ4v) is 4.39. The fourth-order valence-electron chi connectivity index (χ4n) is 4.39. The maximum absolute atomic E-state index is 12.3. The van der Waals surface area contributed by atoms with Gasteiger partial charge in [-0.1, -0.05) is 31.9 Å². The number of hydrogen-bond donors (Lipinski definition) is 1. The Bertz CT molecular complexity index is 564. The van der Waals surface area contributed by atoms with E-state index in [-0.39, 0.29) is 17.6 Å². The average Bonchev–Trinajstić information content (AvgIpc) is 2.60. The zero-order valence-electron chi connectivity index (χ0n) is 14.8. The smallest absolute Gasteiger partial charge is 0.412 e. The summed E-state index contributed by atoms with van der Waals surface area (Å²) in [6, 6.07) is 7.41. The zero-order chi connectivity index (χ0) is 17.0. The maximum Gasteiger partial charge on any atom is 0.412 e. The molecule has 1 spiro atoms. The molecule has 132 valence electrons. The van der Waals surface area contributed by atoms with E-state index in [1.165, 1.54) is 44.9 Å². The lowest BCUT2D eigenvalue weighted by atomic mass is 9.57. The predicted octanol–water partition coefficient (Wildman–Crippen LogP) is 5.38. The van der Waals surface area contributed by atoms with Gasteiger partial charge >= 0.3 is 6.09 Å². The molecule has 1 amide bonds. The summed E-state index contributed by atoms with van der Waals surface area (Å²) in [5.41, 5.74) is 0.910. The minimum absolute atomic E-state index is 0.0785. The van der Waals surface area contributed by atoms with Crippen molar-refractivity contribution in [1.29, 1.82) is 0 Å². The van der Waals surface area contributed by atoms with E-state index < -0.39 is 0 Å². The predicted molar refractivity (Wildman–Crippen MR) is 95.4 cm³/mol. The first-order valence-electron chi connectivity index (χ1n) is 9.27. The summed E-state index contributed by atoms with van der Waals surface area (Å²) in [7, 11) is 1.60. The van der Waals surface area contributed by atoms with Crippen molar-refractivity contribution in [2.24, 2.45) is 11.3 Å². The third-order valence-electron chi connectivity index (χ3n) is 5.98. The van der Waals surface area contributed by atoms with Crippen LogP contribution in [0.15, 0.2) is 24.3 Å². The number of rotatable bonds is 5. The largest absolute Gasteiger partial charge is 0.495 e. The lowest BCUT2D eigenvalue weighted by Gasteiger charge is -2.52. The van der Waals surface area contributed by atoms with E-state index in [9.17, 15) is 4.79 Å². The van der Waals surface area contributed by atoms with Gasteiger partial charge in [-0.2, -0.15) is 0 Å². The summed E-state index contributed by atoms with van der Waals surface area (Å²) in [5, 5.41) is 2.83. The summed E-state index contributed by atoms with van der Waals surface area (Å²) in [6.07, 6.45) is 9.55. The van der Waals surface area contributed by atoms with Gasteiger partial charge in [-0.15, -0.1) is 0 Å². The van der Waals surface area contributed by atoms with Crippen LogP contribution in [0.5, 0.6) is 5.75 Å². The van der Waals surface area contributed by atoms with Crippen LogP contribution < -0.4 is 10.1 Å². The van der Waals surface area contributed by atoms with Crippen LogP contribution >= 0.6 is 0 Å². The van der Waals surface area contributed by atoms with Gasteiger partial charge in [0.1, 0.15) is 11.9 Å². The monoisotopic (exact) mass is 331 g/mol. The maximum atomic E-state index is 12.3. The minimum Gasteiger partial charge on any atom is -0.495 e. The van der Waals surface area contributed by atoms with E-state index in [0.717, 1.165) is 12.3 Å². The second-order valence-electron chi connectivity index (χ2n) is 7.35. The standard InChI is InChI=1S/C20H29NO3/c1-3-6-15-9-12-20(13-10-15)14-11-18(20)24-19(22)21-16-7-4-5-8-17(16)23-2/h4-5,7-8,15,18H,3,6,9-14H2,1-2H3,(H,21,22). The molecule has 2 fully saturated rings. The fraction of sp³-hybridized carbons (Fsp3) is 0.650. The molecule has 1 atom stereocenters. The van der Waals surface area contributed by atoms with E-state index in [1.54, 1.807) is 7.11 Å². The number of carbonyl (C=O) groups excluding carboxylic acids is 1. The Balaban J connectivity index is 1.54. The average molecular weight is 331 g/mol. The van der Waals surface area contributed by atoms with E-state index >= 15 is 0 Å². The summed E-state index contributed by atoms with van der Waals surface area (Å²) in [5.74, 6) is 1.53. The highest BCUT2D eigenvalue weighted by molar-refractivity contribution is 5.86. The number of amides is 1. The van der Waals surface area contributed by atoms with Crippen molar-refractivity contribution in [2.75, 3.05) is 12.4 Å². The number of para-hydroxylation sites is 2. The number of methoxy groups -OCH3 is 1. The Morgan fingerprint density at radius 3 is 2.54 bits per heavy atom. The highest BCUT2D eigenvalue weighted by Gasteiger charge is 2.50. The molecule has 2 aliphatic carbocycles. The quantitative estimate of drug-likeness (QED) is 0.787. The SMILES string of the molecule is CCCC1CCC2(CC1)CCC2OC(=O)Nc1ccccc1OC. The highest BCUT2D eigenvalue weighted by Crippen LogP contribution is 2.54. The van der Waals surface area contributed by atoms with E-state index in [2.05, 4.69) is 12.2 Å². The Morgan fingerprint density at radius 2 is 1.92 bits per heavy atom. The molecule has 1 N–H and O–H groups in total. The molecule has 3 rings (SSSR count). The molecule has 1 unspecified atom stereocenters. The van der Waals surface area contributed by atoms with Gasteiger partial charge in [-0.05, 0) is 56.6 Å². The van der Waals surface area contributed by atoms with Gasteiger partial charge in [0.15, 0.2) is 0 Å². The number of carbonyl (C=O) groups is 1. The molecule has 0 aliphatic heterocycles. The van der Waals surface area contributed by atoms with Crippen LogP contribution in [-0.2, 0) is 4.74 Å². The van der Waals surface area contributed by atoms with E-state index in [1.807, 2.05) is 24.3 Å². The molecule has 1 aromatic carbocycles. The molecule has 24 heavy (non-hydrogen) atoms. The van der Waals surface area contributed by atoms with Crippen molar-refractivity contribution in [3.8, 4) is 5.75 Å². The van der Waals surface area contributed by atoms with Crippen molar-refractivity contribution in [3.05, 3.63) is 24.3 Å². The molecular formula is C20H29NO3. The third kappa shape index (κ3) is 3.52. The number of anilines is 1. The Hall–Kier alpha value is -1.71. The molecule has 4 nitrogen and oxygen atoms in total. The Morgan fingerprint density at radius 1 is 1.21 bits per heavy atom. The second-order valence-corrected chi connectivity index (χ2v) is 7.35. The second kappa shape index (κ2) is 7.45. The normalized spacial score (nSPS) is 28.9. The van der Waals surface area contributed by atoms with Crippen LogP contribution in [0.3, 0.4) is 0 Å². The number of benzene rings is 1. The molecule has 2 aliphatic rings. The van der Waals surface area contributed by atoms with Gasteiger partial charge in [0.2, 0.25) is 0 Å². The lowest BCUT2D eigenvalue weighted by molar-refractivity contribution is -0.0962. The molecule has 1 aromatic rings.